The van der Waals surface area contributed by atoms with Crippen molar-refractivity contribution in [3.63, 3.8) is 0 Å². The average molecular weight is 233 g/mol. The zero-order chi connectivity index (χ0) is 12.3. The van der Waals surface area contributed by atoms with Crippen LogP contribution in [0.3, 0.4) is 0 Å². The van der Waals surface area contributed by atoms with E-state index in [1.54, 1.807) is 6.20 Å². The number of pyridine rings is 1. The summed E-state index contributed by atoms with van der Waals surface area (Å²) in [5, 5.41) is 3.38. The van der Waals surface area contributed by atoms with Gasteiger partial charge in [-0.3, -0.25) is 9.78 Å². The monoisotopic (exact) mass is 233 g/mol. The fraction of sp³-hybridized carbons (Fsp3) is 0.538. The number of carbonyl (C=O) groups excluding carboxylic acids is 1. The molecule has 4 nitrogen and oxygen atoms in total. The largest absolute Gasteiger partial charge is 0.335 e. The topological polar surface area (TPSA) is 45.2 Å². The predicted octanol–water partition coefficient (Wildman–Crippen LogP) is 1.18. The Morgan fingerprint density at radius 3 is 3.00 bits per heavy atom. The average Bonchev–Trinajstić information content (AvgIpc) is 2.40. The Balaban J connectivity index is 2.10. The van der Waals surface area contributed by atoms with E-state index in [4.69, 9.17) is 0 Å². The minimum atomic E-state index is -0.0268. The van der Waals surface area contributed by atoms with Gasteiger partial charge in [-0.15, -0.1) is 0 Å². The van der Waals surface area contributed by atoms with E-state index in [-0.39, 0.29) is 11.4 Å². The van der Waals surface area contributed by atoms with Gasteiger partial charge < -0.3 is 10.2 Å². The third-order valence-electron chi connectivity index (χ3n) is 2.96. The highest BCUT2D eigenvalue weighted by molar-refractivity contribution is 5.76. The molecule has 1 aromatic rings. The Hall–Kier alpha value is -1.42. The molecule has 1 N–H and O–H groups in total. The van der Waals surface area contributed by atoms with Crippen LogP contribution in [0.25, 0.3) is 0 Å². The van der Waals surface area contributed by atoms with Crippen molar-refractivity contribution in [2.75, 3.05) is 13.1 Å². The van der Waals surface area contributed by atoms with Gasteiger partial charge in [0.25, 0.3) is 0 Å². The fourth-order valence-electron chi connectivity index (χ4n) is 2.12. The summed E-state index contributed by atoms with van der Waals surface area (Å²) in [6.07, 6.45) is 2.33. The molecule has 0 unspecified atom stereocenters. The van der Waals surface area contributed by atoms with Crippen LogP contribution in [-0.4, -0.2) is 34.4 Å². The van der Waals surface area contributed by atoms with E-state index in [1.165, 1.54) is 0 Å². The van der Waals surface area contributed by atoms with Crippen LogP contribution >= 0.6 is 0 Å². The van der Waals surface area contributed by atoms with Gasteiger partial charge in [-0.1, -0.05) is 6.07 Å². The highest BCUT2D eigenvalue weighted by Gasteiger charge is 2.28. The second-order valence-corrected chi connectivity index (χ2v) is 5.13. The van der Waals surface area contributed by atoms with E-state index in [0.29, 0.717) is 13.0 Å². The lowest BCUT2D eigenvalue weighted by Gasteiger charge is -2.29. The van der Waals surface area contributed by atoms with Crippen LogP contribution < -0.4 is 5.32 Å². The molecule has 0 radical (unpaired) electrons. The summed E-state index contributed by atoms with van der Waals surface area (Å²) in [6, 6.07) is 5.80. The molecule has 1 amide bonds. The molecule has 1 aliphatic rings. The van der Waals surface area contributed by atoms with Crippen LogP contribution in [0.1, 0.15) is 26.0 Å². The zero-order valence-electron chi connectivity index (χ0n) is 10.4. The molecule has 0 spiro atoms. The molecule has 17 heavy (non-hydrogen) atoms. The molecule has 4 heteroatoms. The summed E-state index contributed by atoms with van der Waals surface area (Å²) in [5.74, 6) is 0.203. The Kier molecular flexibility index (Phi) is 3.43. The van der Waals surface area contributed by atoms with Crippen LogP contribution in [0.5, 0.6) is 0 Å². The predicted molar refractivity (Wildman–Crippen MR) is 66.4 cm³/mol. The highest BCUT2D eigenvalue weighted by atomic mass is 16.2. The van der Waals surface area contributed by atoms with Gasteiger partial charge >= 0.3 is 0 Å². The molecule has 1 aliphatic heterocycles. The van der Waals surface area contributed by atoms with E-state index >= 15 is 0 Å². The van der Waals surface area contributed by atoms with E-state index in [0.717, 1.165) is 18.8 Å². The number of amides is 1. The van der Waals surface area contributed by atoms with Crippen LogP contribution in [0.15, 0.2) is 24.4 Å². The number of carbonyl (C=O) groups is 1. The standard InChI is InChI=1S/C13H19N3O/c1-13(2)10-16(12(17)6-8-15-13)9-11-5-3-4-7-14-11/h3-5,7,15H,6,8-10H2,1-2H3. The summed E-state index contributed by atoms with van der Waals surface area (Å²) in [7, 11) is 0. The molecule has 0 aromatic carbocycles. The molecule has 0 aliphatic carbocycles. The van der Waals surface area contributed by atoms with Crippen molar-refractivity contribution in [2.24, 2.45) is 0 Å². The molecule has 0 atom stereocenters. The van der Waals surface area contributed by atoms with Crippen molar-refractivity contribution in [1.82, 2.24) is 15.2 Å². The Bertz CT molecular complexity index is 389. The van der Waals surface area contributed by atoms with Crippen molar-refractivity contribution in [2.45, 2.75) is 32.4 Å². The smallest absolute Gasteiger partial charge is 0.224 e. The van der Waals surface area contributed by atoms with Gasteiger partial charge in [0, 0.05) is 31.2 Å². The molecule has 1 aromatic heterocycles. The molecule has 92 valence electrons. The van der Waals surface area contributed by atoms with Crippen molar-refractivity contribution >= 4 is 5.91 Å². The van der Waals surface area contributed by atoms with Gasteiger partial charge in [0.1, 0.15) is 0 Å². The lowest BCUT2D eigenvalue weighted by Crippen LogP contribution is -2.46. The van der Waals surface area contributed by atoms with Gasteiger partial charge in [0.15, 0.2) is 0 Å². The SMILES string of the molecule is CC1(C)CN(Cc2ccccn2)C(=O)CCN1. The van der Waals surface area contributed by atoms with Gasteiger partial charge in [-0.05, 0) is 26.0 Å². The van der Waals surface area contributed by atoms with E-state index in [9.17, 15) is 4.79 Å². The minimum Gasteiger partial charge on any atom is -0.335 e. The number of hydrogen-bond donors (Lipinski definition) is 1. The van der Waals surface area contributed by atoms with Crippen LogP contribution in [-0.2, 0) is 11.3 Å². The van der Waals surface area contributed by atoms with Crippen molar-refractivity contribution < 1.29 is 4.79 Å². The lowest BCUT2D eigenvalue weighted by atomic mass is 10.1. The summed E-state index contributed by atoms with van der Waals surface area (Å²) in [6.45, 7) is 6.33. The Labute approximate surface area is 102 Å². The maximum absolute atomic E-state index is 12.0. The van der Waals surface area contributed by atoms with E-state index in [1.807, 2.05) is 23.1 Å². The first-order chi connectivity index (χ1) is 8.07. The summed E-state index contributed by atoms with van der Waals surface area (Å²) in [4.78, 5) is 18.1. The third-order valence-corrected chi connectivity index (χ3v) is 2.96. The zero-order valence-corrected chi connectivity index (χ0v) is 10.4. The molecule has 1 saturated heterocycles. The number of rotatable bonds is 2. The first-order valence-corrected chi connectivity index (χ1v) is 5.99. The van der Waals surface area contributed by atoms with Crippen molar-refractivity contribution in [3.05, 3.63) is 30.1 Å². The molecule has 2 heterocycles. The molecular formula is C13H19N3O. The summed E-state index contributed by atoms with van der Waals surface area (Å²) in [5.41, 5.74) is 0.916. The maximum Gasteiger partial charge on any atom is 0.224 e. The van der Waals surface area contributed by atoms with Gasteiger partial charge in [-0.25, -0.2) is 0 Å². The first kappa shape index (κ1) is 12.0. The second kappa shape index (κ2) is 4.84. The van der Waals surface area contributed by atoms with Gasteiger partial charge in [-0.2, -0.15) is 0 Å². The van der Waals surface area contributed by atoms with Gasteiger partial charge in [0.2, 0.25) is 5.91 Å². The number of nitrogens with one attached hydrogen (secondary N) is 1. The molecule has 0 saturated carbocycles. The number of nitrogens with zero attached hydrogens (tertiary/aromatic N) is 2. The highest BCUT2D eigenvalue weighted by Crippen LogP contribution is 2.13. The van der Waals surface area contributed by atoms with Gasteiger partial charge in [0.05, 0.1) is 12.2 Å². The quantitative estimate of drug-likeness (QED) is 0.834. The normalized spacial score (nSPS) is 20.1. The summed E-state index contributed by atoms with van der Waals surface area (Å²) < 4.78 is 0. The molecule has 1 fully saturated rings. The minimum absolute atomic E-state index is 0.0268. The molecular weight excluding hydrogens is 214 g/mol. The second-order valence-electron chi connectivity index (χ2n) is 5.13. The van der Waals surface area contributed by atoms with E-state index < -0.39 is 0 Å². The Morgan fingerprint density at radius 2 is 2.29 bits per heavy atom. The van der Waals surface area contributed by atoms with Crippen LogP contribution in [0.2, 0.25) is 0 Å². The number of aromatic nitrogens is 1. The maximum atomic E-state index is 12.0. The lowest BCUT2D eigenvalue weighted by molar-refractivity contribution is -0.131. The fourth-order valence-corrected chi connectivity index (χ4v) is 2.12. The molecule has 0 bridgehead atoms. The number of hydrogen-bond acceptors (Lipinski definition) is 3. The third kappa shape index (κ3) is 3.27. The van der Waals surface area contributed by atoms with Crippen molar-refractivity contribution in [3.8, 4) is 0 Å². The van der Waals surface area contributed by atoms with Crippen LogP contribution in [0.4, 0.5) is 0 Å². The summed E-state index contributed by atoms with van der Waals surface area (Å²) >= 11 is 0. The van der Waals surface area contributed by atoms with E-state index in [2.05, 4.69) is 24.1 Å². The van der Waals surface area contributed by atoms with Crippen molar-refractivity contribution in [1.29, 1.82) is 0 Å². The molecule has 2 rings (SSSR count). The Morgan fingerprint density at radius 1 is 1.47 bits per heavy atom. The first-order valence-electron chi connectivity index (χ1n) is 5.99. The van der Waals surface area contributed by atoms with Crippen LogP contribution in [0, 0.1) is 0 Å².